The van der Waals surface area contributed by atoms with E-state index in [0.717, 1.165) is 35.2 Å². The van der Waals surface area contributed by atoms with Crippen molar-refractivity contribution in [1.29, 1.82) is 0 Å². The van der Waals surface area contributed by atoms with Crippen LogP contribution in [0.15, 0.2) is 53.1 Å². The standard InChI is InChI=1S/C25H24N2O5/c1-16-3-8-22(32-16)23(28)27-15-25(9-11-31-12-10-25)19-13-17(5-7-21(19)27)18-4-6-20(26-14-18)24(29)30-2/h3-8,13-14H,9-12,15H2,1-2H3. The summed E-state index contributed by atoms with van der Waals surface area (Å²) in [6.45, 7) is 3.77. The zero-order chi connectivity index (χ0) is 22.3. The Hall–Kier alpha value is -3.45. The highest BCUT2D eigenvalue weighted by Crippen LogP contribution is 2.48. The van der Waals surface area contributed by atoms with Crippen LogP contribution in [-0.2, 0) is 14.9 Å². The SMILES string of the molecule is COC(=O)c1ccc(-c2ccc3c(c2)C2(CCOCC2)CN3C(=O)c2ccc(C)o2)cn1. The number of carbonyl (C=O) groups excluding carboxylic acids is 2. The number of esters is 1. The molecule has 1 fully saturated rings. The second-order valence-corrected chi connectivity index (χ2v) is 8.35. The van der Waals surface area contributed by atoms with E-state index in [1.54, 1.807) is 18.3 Å². The van der Waals surface area contributed by atoms with E-state index in [-0.39, 0.29) is 17.0 Å². The highest BCUT2D eigenvalue weighted by Gasteiger charge is 2.46. The zero-order valence-corrected chi connectivity index (χ0v) is 18.1. The molecule has 164 valence electrons. The number of aromatic nitrogens is 1. The molecule has 2 aliphatic heterocycles. The van der Waals surface area contributed by atoms with Gasteiger partial charge in [0.15, 0.2) is 5.76 Å². The Kier molecular flexibility index (Phi) is 5.06. The molecule has 1 aromatic carbocycles. The molecule has 0 bridgehead atoms. The Morgan fingerprint density at radius 1 is 1.06 bits per heavy atom. The summed E-state index contributed by atoms with van der Waals surface area (Å²) in [5, 5.41) is 0. The van der Waals surface area contributed by atoms with Gasteiger partial charge in [0.25, 0.3) is 5.91 Å². The van der Waals surface area contributed by atoms with Gasteiger partial charge < -0.3 is 18.8 Å². The normalized spacial score (nSPS) is 16.8. The smallest absolute Gasteiger partial charge is 0.356 e. The Morgan fingerprint density at radius 3 is 2.50 bits per heavy atom. The number of furan rings is 1. The van der Waals surface area contributed by atoms with Crippen LogP contribution in [0, 0.1) is 6.92 Å². The summed E-state index contributed by atoms with van der Waals surface area (Å²) in [6, 6.07) is 13.2. The van der Waals surface area contributed by atoms with E-state index < -0.39 is 5.97 Å². The summed E-state index contributed by atoms with van der Waals surface area (Å²) in [5.41, 5.74) is 4.06. The largest absolute Gasteiger partial charge is 0.464 e. The lowest BCUT2D eigenvalue weighted by molar-refractivity contribution is 0.0546. The molecule has 0 N–H and O–H groups in total. The first-order valence-corrected chi connectivity index (χ1v) is 10.7. The van der Waals surface area contributed by atoms with Gasteiger partial charge in [-0.05, 0) is 61.2 Å². The lowest BCUT2D eigenvalue weighted by atomic mass is 9.75. The van der Waals surface area contributed by atoms with Crippen molar-refractivity contribution < 1.29 is 23.5 Å². The van der Waals surface area contributed by atoms with Gasteiger partial charge in [-0.3, -0.25) is 4.79 Å². The third-order valence-corrected chi connectivity index (χ3v) is 6.46. The molecule has 4 heterocycles. The molecule has 2 aliphatic rings. The molecule has 32 heavy (non-hydrogen) atoms. The maximum atomic E-state index is 13.3. The van der Waals surface area contributed by atoms with Crippen LogP contribution in [0.2, 0.25) is 0 Å². The number of rotatable bonds is 3. The Balaban J connectivity index is 1.54. The molecule has 1 spiro atoms. The third-order valence-electron chi connectivity index (χ3n) is 6.46. The van der Waals surface area contributed by atoms with Crippen LogP contribution in [0.25, 0.3) is 11.1 Å². The van der Waals surface area contributed by atoms with Gasteiger partial charge in [-0.15, -0.1) is 0 Å². The van der Waals surface area contributed by atoms with Crippen molar-refractivity contribution in [2.24, 2.45) is 0 Å². The van der Waals surface area contributed by atoms with E-state index in [1.165, 1.54) is 7.11 Å². The van der Waals surface area contributed by atoms with Crippen molar-refractivity contribution in [3.8, 4) is 11.1 Å². The molecule has 0 aliphatic carbocycles. The highest BCUT2D eigenvalue weighted by molar-refractivity contribution is 6.06. The molecule has 0 atom stereocenters. The van der Waals surface area contributed by atoms with Crippen LogP contribution in [0.5, 0.6) is 0 Å². The lowest BCUT2D eigenvalue weighted by Gasteiger charge is -2.34. The molecule has 7 heteroatoms. The van der Waals surface area contributed by atoms with Crippen LogP contribution in [0.1, 0.15) is 45.2 Å². The summed E-state index contributed by atoms with van der Waals surface area (Å²) < 4.78 is 16.0. The molecule has 0 saturated carbocycles. The van der Waals surface area contributed by atoms with Gasteiger partial charge in [0.05, 0.1) is 7.11 Å². The Bertz CT molecular complexity index is 1180. The van der Waals surface area contributed by atoms with E-state index in [1.807, 2.05) is 36.1 Å². The second-order valence-electron chi connectivity index (χ2n) is 8.35. The summed E-state index contributed by atoms with van der Waals surface area (Å²) >= 11 is 0. The quantitative estimate of drug-likeness (QED) is 0.579. The molecule has 7 nitrogen and oxygen atoms in total. The van der Waals surface area contributed by atoms with Gasteiger partial charge in [-0.1, -0.05) is 12.1 Å². The van der Waals surface area contributed by atoms with Gasteiger partial charge in [0.2, 0.25) is 0 Å². The number of nitrogens with zero attached hydrogens (tertiary/aromatic N) is 2. The average molecular weight is 432 g/mol. The molecule has 0 unspecified atom stereocenters. The van der Waals surface area contributed by atoms with Crippen molar-refractivity contribution in [3.05, 3.63) is 71.4 Å². The monoisotopic (exact) mass is 432 g/mol. The first-order valence-electron chi connectivity index (χ1n) is 10.7. The molecule has 0 radical (unpaired) electrons. The van der Waals surface area contributed by atoms with Gasteiger partial charge in [-0.2, -0.15) is 0 Å². The number of aryl methyl sites for hydroxylation is 1. The van der Waals surface area contributed by atoms with Gasteiger partial charge in [-0.25, -0.2) is 9.78 Å². The second kappa shape index (κ2) is 7.91. The topological polar surface area (TPSA) is 81.9 Å². The van der Waals surface area contributed by atoms with Crippen LogP contribution in [0.3, 0.4) is 0 Å². The van der Waals surface area contributed by atoms with Crippen LogP contribution in [0.4, 0.5) is 5.69 Å². The summed E-state index contributed by atoms with van der Waals surface area (Å²) in [5.74, 6) is 0.476. The van der Waals surface area contributed by atoms with E-state index in [4.69, 9.17) is 13.9 Å². The van der Waals surface area contributed by atoms with Gasteiger partial charge in [0, 0.05) is 42.6 Å². The maximum Gasteiger partial charge on any atom is 0.356 e. The molecular weight excluding hydrogens is 408 g/mol. The first-order chi connectivity index (χ1) is 15.5. The average Bonchev–Trinajstić information content (AvgIpc) is 3.40. The fourth-order valence-corrected chi connectivity index (χ4v) is 4.69. The molecule has 1 amide bonds. The van der Waals surface area contributed by atoms with E-state index >= 15 is 0 Å². The zero-order valence-electron chi connectivity index (χ0n) is 18.1. The number of anilines is 1. The minimum atomic E-state index is -0.464. The third kappa shape index (κ3) is 3.39. The minimum absolute atomic E-state index is 0.125. The van der Waals surface area contributed by atoms with Crippen LogP contribution < -0.4 is 4.90 Å². The molecule has 3 aromatic rings. The number of hydrogen-bond donors (Lipinski definition) is 0. The number of carbonyl (C=O) groups is 2. The number of methoxy groups -OCH3 is 1. The van der Waals surface area contributed by atoms with E-state index in [2.05, 4.69) is 11.1 Å². The number of hydrogen-bond acceptors (Lipinski definition) is 6. The molecular formula is C25H24N2O5. The lowest BCUT2D eigenvalue weighted by Crippen LogP contribution is -2.40. The molecule has 2 aromatic heterocycles. The van der Waals surface area contributed by atoms with Gasteiger partial charge >= 0.3 is 5.97 Å². The van der Waals surface area contributed by atoms with Crippen molar-refractivity contribution in [3.63, 3.8) is 0 Å². The van der Waals surface area contributed by atoms with Gasteiger partial charge in [0.1, 0.15) is 11.5 Å². The van der Waals surface area contributed by atoms with Crippen LogP contribution >= 0.6 is 0 Å². The number of fused-ring (bicyclic) bond motifs is 2. The fourth-order valence-electron chi connectivity index (χ4n) is 4.69. The number of pyridine rings is 1. The molecule has 5 rings (SSSR count). The predicted octanol–water partition coefficient (Wildman–Crippen LogP) is 4.15. The summed E-state index contributed by atoms with van der Waals surface area (Å²) in [4.78, 5) is 31.0. The van der Waals surface area contributed by atoms with Crippen molar-refractivity contribution in [1.82, 2.24) is 4.98 Å². The van der Waals surface area contributed by atoms with Crippen LogP contribution in [-0.4, -0.2) is 43.7 Å². The first kappa shape index (κ1) is 20.5. The summed E-state index contributed by atoms with van der Waals surface area (Å²) in [7, 11) is 1.34. The summed E-state index contributed by atoms with van der Waals surface area (Å²) in [6.07, 6.45) is 3.38. The minimum Gasteiger partial charge on any atom is -0.464 e. The Labute approximate surface area is 186 Å². The van der Waals surface area contributed by atoms with Crippen molar-refractivity contribution in [2.75, 3.05) is 31.8 Å². The molecule has 1 saturated heterocycles. The van der Waals surface area contributed by atoms with Crippen molar-refractivity contribution >= 4 is 17.6 Å². The number of ether oxygens (including phenoxy) is 2. The number of benzene rings is 1. The van der Waals surface area contributed by atoms with Crippen molar-refractivity contribution in [2.45, 2.75) is 25.2 Å². The number of amides is 1. The predicted molar refractivity (Wildman–Crippen MR) is 118 cm³/mol. The Morgan fingerprint density at radius 2 is 1.84 bits per heavy atom. The fraction of sp³-hybridized carbons (Fsp3) is 0.320. The van der Waals surface area contributed by atoms with E-state index in [9.17, 15) is 9.59 Å². The van der Waals surface area contributed by atoms with E-state index in [0.29, 0.717) is 31.3 Å². The maximum absolute atomic E-state index is 13.3. The highest BCUT2D eigenvalue weighted by atomic mass is 16.5.